The molecule has 0 saturated carbocycles. The van der Waals surface area contributed by atoms with Crippen LogP contribution in [0.5, 0.6) is 17.2 Å². The molecule has 5 aliphatic rings. The van der Waals surface area contributed by atoms with Crippen molar-refractivity contribution in [1.82, 2.24) is 9.80 Å². The lowest BCUT2D eigenvalue weighted by molar-refractivity contribution is -0.194. The van der Waals surface area contributed by atoms with Crippen molar-refractivity contribution in [3.63, 3.8) is 0 Å². The van der Waals surface area contributed by atoms with Gasteiger partial charge in [-0.2, -0.15) is 0 Å². The summed E-state index contributed by atoms with van der Waals surface area (Å²) in [6, 6.07) is 12.7. The Kier molecular flexibility index (Phi) is 11.7. The highest BCUT2D eigenvalue weighted by atomic mass is 16.7. The smallest absolute Gasteiger partial charge is 0.411 e. The number of fused-ring (bicyclic) bond motifs is 4. The van der Waals surface area contributed by atoms with Crippen LogP contribution < -0.4 is 23.8 Å². The molecule has 13 nitrogen and oxygen atoms in total. The molecule has 3 fully saturated rings. The Morgan fingerprint density at radius 2 is 1.35 bits per heavy atom. The van der Waals surface area contributed by atoms with Crippen LogP contribution >= 0.6 is 0 Å². The summed E-state index contributed by atoms with van der Waals surface area (Å²) in [5.41, 5.74) is 7.61. The van der Waals surface area contributed by atoms with Gasteiger partial charge in [-0.1, -0.05) is 42.0 Å². The third kappa shape index (κ3) is 7.88. The molecule has 2 amide bonds. The molecule has 15 heteroatoms. The first-order chi connectivity index (χ1) is 28.7. The van der Waals surface area contributed by atoms with Gasteiger partial charge in [0.1, 0.15) is 25.2 Å². The molecule has 5 aliphatic heterocycles. The average molecular weight is 819 g/mol. The number of anilines is 2. The zero-order valence-corrected chi connectivity index (χ0v) is 35.6. The fourth-order valence-electron chi connectivity index (χ4n) is 9.77. The van der Waals surface area contributed by atoms with Crippen LogP contribution in [0.2, 0.25) is 13.6 Å². The Bertz CT molecular complexity index is 2190. The summed E-state index contributed by atoms with van der Waals surface area (Å²) >= 11 is 0. The van der Waals surface area contributed by atoms with Gasteiger partial charge >= 0.3 is 14.1 Å². The second-order valence-electron chi connectivity index (χ2n) is 17.1. The van der Waals surface area contributed by atoms with E-state index in [0.717, 1.165) is 52.7 Å². The number of amides is 2. The van der Waals surface area contributed by atoms with Crippen molar-refractivity contribution in [2.24, 2.45) is 0 Å². The lowest BCUT2D eigenvalue weighted by Crippen LogP contribution is -2.56. The highest BCUT2D eigenvalue weighted by Crippen LogP contribution is 2.44. The minimum absolute atomic E-state index is 0.115. The average Bonchev–Trinajstić information content (AvgIpc) is 3.77. The summed E-state index contributed by atoms with van der Waals surface area (Å²) in [4.78, 5) is 35.4. The largest absolute Gasteiger partial charge is 0.493 e. The molecule has 5 heterocycles. The quantitative estimate of drug-likeness (QED) is 0.171. The fraction of sp³-hybridized carbons (Fsp3) is 0.467. The summed E-state index contributed by atoms with van der Waals surface area (Å²) in [6.45, 7) is 19.7. The van der Waals surface area contributed by atoms with E-state index in [9.17, 15) is 19.6 Å². The molecule has 3 saturated heterocycles. The number of nitrogens with zero attached hydrogens (tertiary/aromatic N) is 4. The zero-order chi connectivity index (χ0) is 42.6. The summed E-state index contributed by atoms with van der Waals surface area (Å²) in [6.07, 6.45) is 2.83. The van der Waals surface area contributed by atoms with E-state index in [1.54, 1.807) is 37.7 Å². The molecule has 1 unspecified atom stereocenters. The normalized spacial score (nSPS) is 23.8. The van der Waals surface area contributed by atoms with E-state index in [-0.39, 0.29) is 43.2 Å². The standard InChI is InChI=1S/C45H56B2N4O9/c1-26-13-31(18-32(14-26)25-59-41-21-36-34(19-40(41)56-8)44(53)48-22-27(2)15-35(48)30(5)50(36)46(6)54)24-58-39-20-37-33(17-29(39)4)43(52)49-23-28(3)16-38(49)45(51(37)47(7)55)60-42-11-9-10-12-57-42/h13-14,17-21,30,35,38,42,45,54-55H,2-3,9-12,15-16,22-25H2,1,4-8H3/t30-,35-,38-,42?,45-/m0/s1. The van der Waals surface area contributed by atoms with Gasteiger partial charge in [-0.15, -0.1) is 0 Å². The summed E-state index contributed by atoms with van der Waals surface area (Å²) < 4.78 is 31.3. The van der Waals surface area contributed by atoms with E-state index < -0.39 is 26.6 Å². The van der Waals surface area contributed by atoms with Gasteiger partial charge < -0.3 is 53.2 Å². The molecule has 3 aromatic carbocycles. The number of rotatable bonds is 11. The topological polar surface area (TPSA) is 134 Å². The predicted octanol–water partition coefficient (Wildman–Crippen LogP) is 6.13. The summed E-state index contributed by atoms with van der Waals surface area (Å²) in [7, 11) is -0.292. The number of carbonyl (C=O) groups excluding carboxylic acids is 2. The molecule has 0 bridgehead atoms. The van der Waals surface area contributed by atoms with Crippen LogP contribution in [-0.2, 0) is 22.7 Å². The van der Waals surface area contributed by atoms with Crippen molar-refractivity contribution in [3.8, 4) is 17.2 Å². The lowest BCUT2D eigenvalue weighted by atomic mass is 9.80. The van der Waals surface area contributed by atoms with E-state index >= 15 is 0 Å². The SMILES string of the molecule is C=C1C[C@H]2[C@H](C)N(B(C)O)c3cc(OCc4cc(C)cc(COc5cc6c(cc5C)C(=O)N5CC(=C)C[C@H]5[C@H](OC5CCCCO5)N6B(C)O)c4)c(OC)cc3C(=O)N2C1. The van der Waals surface area contributed by atoms with Gasteiger partial charge in [0.05, 0.1) is 30.3 Å². The van der Waals surface area contributed by atoms with Crippen molar-refractivity contribution < 1.29 is 43.3 Å². The maximum absolute atomic E-state index is 14.2. The van der Waals surface area contributed by atoms with Gasteiger partial charge in [-0.3, -0.25) is 9.59 Å². The van der Waals surface area contributed by atoms with Crippen LogP contribution in [0.15, 0.2) is 66.8 Å². The number of benzene rings is 3. The minimum atomic E-state index is -0.982. The Morgan fingerprint density at radius 3 is 1.97 bits per heavy atom. The van der Waals surface area contributed by atoms with Crippen LogP contribution in [0.3, 0.4) is 0 Å². The minimum Gasteiger partial charge on any atom is -0.493 e. The Morgan fingerprint density at radius 1 is 0.767 bits per heavy atom. The van der Waals surface area contributed by atoms with E-state index in [1.807, 2.05) is 59.6 Å². The Labute approximate surface area is 353 Å². The maximum atomic E-state index is 14.2. The van der Waals surface area contributed by atoms with Gasteiger partial charge in [0.25, 0.3) is 11.8 Å². The molecule has 2 N–H and O–H groups in total. The van der Waals surface area contributed by atoms with E-state index in [4.69, 9.17) is 23.7 Å². The maximum Gasteiger partial charge on any atom is 0.411 e. The Hall–Kier alpha value is -4.95. The molecule has 0 spiro atoms. The van der Waals surface area contributed by atoms with Crippen LogP contribution in [0, 0.1) is 13.8 Å². The highest BCUT2D eigenvalue weighted by molar-refractivity contribution is 6.54. The van der Waals surface area contributed by atoms with Crippen LogP contribution in [-0.4, -0.2) is 103 Å². The number of carbonyl (C=O) groups is 2. The zero-order valence-electron chi connectivity index (χ0n) is 35.6. The molecule has 60 heavy (non-hydrogen) atoms. The molecule has 3 aromatic rings. The molecule has 0 aliphatic carbocycles. The molecule has 0 aromatic heterocycles. The number of hydrogen-bond donors (Lipinski definition) is 2. The second kappa shape index (κ2) is 16.8. The summed E-state index contributed by atoms with van der Waals surface area (Å²) in [5.74, 6) is 1.19. The van der Waals surface area contributed by atoms with Crippen LogP contribution in [0.4, 0.5) is 11.4 Å². The number of methoxy groups -OCH3 is 1. The highest BCUT2D eigenvalue weighted by Gasteiger charge is 2.48. The number of hydrogen-bond acceptors (Lipinski definition) is 11. The van der Waals surface area contributed by atoms with Crippen molar-refractivity contribution >= 4 is 37.3 Å². The van der Waals surface area contributed by atoms with E-state index in [0.29, 0.717) is 72.3 Å². The second-order valence-corrected chi connectivity index (χ2v) is 17.1. The molecule has 8 rings (SSSR count). The monoisotopic (exact) mass is 818 g/mol. The summed E-state index contributed by atoms with van der Waals surface area (Å²) in [5, 5.41) is 22.4. The van der Waals surface area contributed by atoms with Crippen LogP contribution in [0.25, 0.3) is 0 Å². The molecule has 316 valence electrons. The third-order valence-electron chi connectivity index (χ3n) is 12.5. The predicted molar refractivity (Wildman–Crippen MR) is 232 cm³/mol. The van der Waals surface area contributed by atoms with Crippen molar-refractivity contribution in [2.45, 2.75) is 110 Å². The first-order valence-corrected chi connectivity index (χ1v) is 21.1. The van der Waals surface area contributed by atoms with E-state index in [1.165, 1.54) is 0 Å². The van der Waals surface area contributed by atoms with Gasteiger partial charge in [0.15, 0.2) is 17.8 Å². The Balaban J connectivity index is 1.04. The van der Waals surface area contributed by atoms with Crippen LogP contribution in [0.1, 0.15) is 82.0 Å². The van der Waals surface area contributed by atoms with Crippen molar-refractivity contribution in [3.05, 3.63) is 100 Å². The van der Waals surface area contributed by atoms with Crippen molar-refractivity contribution in [1.29, 1.82) is 0 Å². The third-order valence-corrected chi connectivity index (χ3v) is 12.5. The number of ether oxygens (including phenoxy) is 5. The molecular weight excluding hydrogens is 762 g/mol. The van der Waals surface area contributed by atoms with Gasteiger partial charge in [0.2, 0.25) is 0 Å². The van der Waals surface area contributed by atoms with Gasteiger partial charge in [0, 0.05) is 49.2 Å². The molecular formula is C45H56B2N4O9. The molecule has 0 radical (unpaired) electrons. The van der Waals surface area contributed by atoms with Gasteiger partial charge in [-0.25, -0.2) is 0 Å². The fourth-order valence-corrected chi connectivity index (χ4v) is 9.77. The van der Waals surface area contributed by atoms with Crippen molar-refractivity contribution in [2.75, 3.05) is 36.4 Å². The van der Waals surface area contributed by atoms with Gasteiger partial charge in [-0.05, 0) is 101 Å². The van der Waals surface area contributed by atoms with E-state index in [2.05, 4.69) is 19.2 Å². The first kappa shape index (κ1) is 41.8. The lowest BCUT2D eigenvalue weighted by Gasteiger charge is -2.40. The number of aryl methyl sites for hydroxylation is 2. The first-order valence-electron chi connectivity index (χ1n) is 21.1. The molecule has 5 atom stereocenters.